The van der Waals surface area contributed by atoms with Crippen LogP contribution in [0, 0.1) is 6.92 Å². The highest BCUT2D eigenvalue weighted by molar-refractivity contribution is 6.29. The van der Waals surface area contributed by atoms with Crippen LogP contribution in [0.1, 0.15) is 39.5 Å². The second-order valence-corrected chi connectivity index (χ2v) is 8.14. The molecule has 0 unspecified atom stereocenters. The van der Waals surface area contributed by atoms with Gasteiger partial charge in [0.15, 0.2) is 0 Å². The van der Waals surface area contributed by atoms with Gasteiger partial charge in [-0.25, -0.2) is 14.5 Å². The summed E-state index contributed by atoms with van der Waals surface area (Å²) in [5.41, 5.74) is 4.48. The zero-order valence-electron chi connectivity index (χ0n) is 17.4. The lowest BCUT2D eigenvalue weighted by Gasteiger charge is -2.32. The van der Waals surface area contributed by atoms with E-state index >= 15 is 0 Å². The summed E-state index contributed by atoms with van der Waals surface area (Å²) in [4.78, 5) is 27.2. The van der Waals surface area contributed by atoms with E-state index in [1.54, 1.807) is 27.9 Å². The number of aromatic amines is 1. The molecule has 0 spiro atoms. The molecule has 5 aromatic heterocycles. The molecule has 33 heavy (non-hydrogen) atoms. The van der Waals surface area contributed by atoms with E-state index in [-0.39, 0.29) is 11.8 Å². The summed E-state index contributed by atoms with van der Waals surface area (Å²) in [5.74, 6) is -0.321. The van der Waals surface area contributed by atoms with Crippen molar-refractivity contribution in [3.8, 4) is 11.6 Å². The average molecular weight is 461 g/mol. The van der Waals surface area contributed by atoms with Gasteiger partial charge in [0.05, 0.1) is 23.2 Å². The number of hydrogen-bond donors (Lipinski definition) is 1. The number of pyridine rings is 2. The van der Waals surface area contributed by atoms with Gasteiger partial charge in [-0.3, -0.25) is 4.79 Å². The van der Waals surface area contributed by atoms with Crippen LogP contribution in [0.4, 0.5) is 0 Å². The van der Waals surface area contributed by atoms with Gasteiger partial charge in [0.25, 0.3) is 5.89 Å². The lowest BCUT2D eigenvalue weighted by atomic mass is 9.99. The van der Waals surface area contributed by atoms with E-state index in [0.717, 1.165) is 22.6 Å². The largest absolute Gasteiger partial charge is 0.411 e. The number of amides is 1. The smallest absolute Gasteiger partial charge is 0.312 e. The van der Waals surface area contributed by atoms with Gasteiger partial charge < -0.3 is 14.3 Å². The second-order valence-electron chi connectivity index (χ2n) is 7.75. The summed E-state index contributed by atoms with van der Waals surface area (Å²) in [7, 11) is 0. The standard InChI is InChI=1S/C22H17ClN8O2/c1-12-4-2-6-15(26-12)20-27-28-21(33-20)22(32)30-9-8-14-18(25-11-24-14)19(30)16-10-13-5-3-7-17(23)31(13)29-16/h2-7,10-11,19H,8-9H2,1H3,(H,24,25)/t19-/m0/s1. The van der Waals surface area contributed by atoms with Crippen molar-refractivity contribution in [2.24, 2.45) is 0 Å². The number of carbonyl (C=O) groups excluding carboxylic acids is 1. The van der Waals surface area contributed by atoms with Gasteiger partial charge >= 0.3 is 11.8 Å². The van der Waals surface area contributed by atoms with E-state index in [4.69, 9.17) is 16.0 Å². The van der Waals surface area contributed by atoms with Crippen LogP contribution in [0.25, 0.3) is 17.1 Å². The minimum Gasteiger partial charge on any atom is -0.411 e. The van der Waals surface area contributed by atoms with Crippen molar-refractivity contribution < 1.29 is 9.21 Å². The number of carbonyl (C=O) groups is 1. The molecule has 0 aromatic carbocycles. The van der Waals surface area contributed by atoms with Gasteiger partial charge in [-0.15, -0.1) is 10.2 Å². The van der Waals surface area contributed by atoms with Crippen LogP contribution in [-0.2, 0) is 6.42 Å². The Labute approximate surface area is 192 Å². The molecule has 1 atom stereocenters. The summed E-state index contributed by atoms with van der Waals surface area (Å²) in [5, 5.41) is 13.2. The minimum absolute atomic E-state index is 0.112. The van der Waals surface area contributed by atoms with Gasteiger partial charge in [0, 0.05) is 24.4 Å². The first-order valence-corrected chi connectivity index (χ1v) is 10.7. The van der Waals surface area contributed by atoms with Crippen molar-refractivity contribution in [1.82, 2.24) is 39.7 Å². The Morgan fingerprint density at radius 1 is 1.21 bits per heavy atom. The van der Waals surface area contributed by atoms with E-state index in [1.165, 1.54) is 0 Å². The van der Waals surface area contributed by atoms with Crippen molar-refractivity contribution >= 4 is 23.0 Å². The van der Waals surface area contributed by atoms with Crippen LogP contribution in [0.5, 0.6) is 0 Å². The quantitative estimate of drug-likeness (QED) is 0.410. The summed E-state index contributed by atoms with van der Waals surface area (Å²) >= 11 is 6.31. The molecule has 1 amide bonds. The molecule has 1 aliphatic heterocycles. The molecule has 1 N–H and O–H groups in total. The number of fused-ring (bicyclic) bond motifs is 2. The third-order valence-electron chi connectivity index (χ3n) is 5.64. The zero-order chi connectivity index (χ0) is 22.5. The van der Waals surface area contributed by atoms with Gasteiger partial charge in [-0.05, 0) is 37.3 Å². The number of nitrogens with zero attached hydrogens (tertiary/aromatic N) is 7. The predicted octanol–water partition coefficient (Wildman–Crippen LogP) is 3.25. The van der Waals surface area contributed by atoms with Crippen LogP contribution < -0.4 is 0 Å². The van der Waals surface area contributed by atoms with Gasteiger partial charge in [0.1, 0.15) is 16.9 Å². The molecule has 6 rings (SSSR count). The van der Waals surface area contributed by atoms with E-state index in [0.29, 0.717) is 29.5 Å². The van der Waals surface area contributed by atoms with Crippen LogP contribution in [-0.4, -0.2) is 52.1 Å². The Kier molecular flexibility index (Phi) is 4.47. The van der Waals surface area contributed by atoms with Crippen molar-refractivity contribution in [2.75, 3.05) is 6.54 Å². The third kappa shape index (κ3) is 3.26. The Bertz CT molecular complexity index is 1500. The molecule has 1 aliphatic rings. The van der Waals surface area contributed by atoms with Crippen LogP contribution in [0.15, 0.2) is 53.2 Å². The molecular weight excluding hydrogens is 444 g/mol. The summed E-state index contributed by atoms with van der Waals surface area (Å²) in [6.07, 6.45) is 2.24. The normalized spacial score (nSPS) is 15.7. The second kappa shape index (κ2) is 7.52. The highest BCUT2D eigenvalue weighted by atomic mass is 35.5. The Balaban J connectivity index is 1.40. The van der Waals surface area contributed by atoms with Crippen molar-refractivity contribution in [3.63, 3.8) is 0 Å². The van der Waals surface area contributed by atoms with Gasteiger partial charge in [0.2, 0.25) is 0 Å². The van der Waals surface area contributed by atoms with Crippen molar-refractivity contribution in [3.05, 3.63) is 82.6 Å². The Morgan fingerprint density at radius 3 is 2.94 bits per heavy atom. The molecule has 5 aromatic rings. The Morgan fingerprint density at radius 2 is 2.09 bits per heavy atom. The van der Waals surface area contributed by atoms with E-state index in [9.17, 15) is 4.79 Å². The van der Waals surface area contributed by atoms with Gasteiger partial charge in [-0.1, -0.05) is 23.7 Å². The molecular formula is C22H17ClN8O2. The van der Waals surface area contributed by atoms with Crippen LogP contribution >= 0.6 is 11.6 Å². The topological polar surface area (TPSA) is 118 Å². The monoisotopic (exact) mass is 460 g/mol. The maximum absolute atomic E-state index is 13.5. The molecule has 0 bridgehead atoms. The first kappa shape index (κ1) is 19.6. The molecule has 164 valence electrons. The molecule has 11 heteroatoms. The molecule has 0 fully saturated rings. The van der Waals surface area contributed by atoms with Gasteiger partial charge in [-0.2, -0.15) is 5.10 Å². The zero-order valence-corrected chi connectivity index (χ0v) is 18.2. The lowest BCUT2D eigenvalue weighted by Crippen LogP contribution is -2.41. The fourth-order valence-corrected chi connectivity index (χ4v) is 4.34. The number of aromatic nitrogens is 7. The predicted molar refractivity (Wildman–Crippen MR) is 118 cm³/mol. The number of imidazole rings is 1. The number of nitrogens with one attached hydrogen (secondary N) is 1. The van der Waals surface area contributed by atoms with Crippen LogP contribution in [0.3, 0.4) is 0 Å². The number of rotatable bonds is 3. The minimum atomic E-state index is -0.532. The fraction of sp³-hybridized carbons (Fsp3) is 0.182. The average Bonchev–Trinajstić information content (AvgIpc) is 3.57. The molecule has 10 nitrogen and oxygen atoms in total. The van der Waals surface area contributed by atoms with E-state index in [1.807, 2.05) is 37.3 Å². The first-order chi connectivity index (χ1) is 16.1. The number of H-pyrrole nitrogens is 1. The van der Waals surface area contributed by atoms with Crippen molar-refractivity contribution in [1.29, 1.82) is 0 Å². The summed E-state index contributed by atoms with van der Waals surface area (Å²) in [6, 6.07) is 12.4. The van der Waals surface area contributed by atoms with Crippen LogP contribution in [0.2, 0.25) is 5.15 Å². The van der Waals surface area contributed by atoms with Crippen molar-refractivity contribution in [2.45, 2.75) is 19.4 Å². The highest BCUT2D eigenvalue weighted by Gasteiger charge is 2.38. The Hall–Kier alpha value is -4.05. The maximum Gasteiger partial charge on any atom is 0.312 e. The number of halogens is 1. The SMILES string of the molecule is Cc1cccc(-c2nnc(C(=O)N3CCc4[nH]cnc4[C@@H]3c3cc4cccc(Cl)n4n3)o2)n1. The number of hydrogen-bond acceptors (Lipinski definition) is 7. The highest BCUT2D eigenvalue weighted by Crippen LogP contribution is 2.34. The fourth-order valence-electron chi connectivity index (χ4n) is 4.13. The summed E-state index contributed by atoms with van der Waals surface area (Å²) in [6.45, 7) is 2.30. The molecule has 0 radical (unpaired) electrons. The third-order valence-corrected chi connectivity index (χ3v) is 5.93. The molecule has 0 saturated heterocycles. The lowest BCUT2D eigenvalue weighted by molar-refractivity contribution is 0.0646. The maximum atomic E-state index is 13.5. The summed E-state index contributed by atoms with van der Waals surface area (Å²) < 4.78 is 7.35. The molecule has 0 saturated carbocycles. The molecule has 0 aliphatic carbocycles. The van der Waals surface area contributed by atoms with E-state index in [2.05, 4.69) is 30.2 Å². The first-order valence-electron chi connectivity index (χ1n) is 10.3. The number of aryl methyl sites for hydroxylation is 1. The van der Waals surface area contributed by atoms with E-state index < -0.39 is 11.9 Å². The molecule has 6 heterocycles.